The number of H-pyrrole nitrogens is 1. The number of rotatable bonds is 4. The fourth-order valence-electron chi connectivity index (χ4n) is 4.82. The molecule has 3 atom stereocenters. The Labute approximate surface area is 182 Å². The molecule has 5 rings (SSSR count). The van der Waals surface area contributed by atoms with Gasteiger partial charge in [-0.1, -0.05) is 0 Å². The van der Waals surface area contributed by atoms with Crippen LogP contribution in [0.3, 0.4) is 0 Å². The molecule has 2 N–H and O–H groups in total. The van der Waals surface area contributed by atoms with E-state index in [4.69, 9.17) is 0 Å². The van der Waals surface area contributed by atoms with Gasteiger partial charge in [0.25, 0.3) is 5.91 Å². The van der Waals surface area contributed by atoms with Crippen molar-refractivity contribution in [1.29, 1.82) is 0 Å². The van der Waals surface area contributed by atoms with Gasteiger partial charge in [-0.2, -0.15) is 13.2 Å². The monoisotopic (exact) mass is 441 g/mol. The summed E-state index contributed by atoms with van der Waals surface area (Å²) >= 11 is 0. The van der Waals surface area contributed by atoms with Crippen LogP contribution in [0.15, 0.2) is 48.8 Å². The summed E-state index contributed by atoms with van der Waals surface area (Å²) in [5.74, 6) is 0.594. The topological polar surface area (TPSA) is 73.9 Å². The molecule has 2 aliphatic rings. The highest BCUT2D eigenvalue weighted by Crippen LogP contribution is 2.40. The Balaban J connectivity index is 1.37. The van der Waals surface area contributed by atoms with Crippen molar-refractivity contribution in [3.63, 3.8) is 0 Å². The highest BCUT2D eigenvalue weighted by molar-refractivity contribution is 5.99. The van der Waals surface area contributed by atoms with Crippen molar-refractivity contribution in [1.82, 2.24) is 19.9 Å². The smallest absolute Gasteiger partial charge is 0.365 e. The summed E-state index contributed by atoms with van der Waals surface area (Å²) in [4.78, 5) is 27.0. The lowest BCUT2D eigenvalue weighted by molar-refractivity contribution is -0.137. The molecule has 2 fully saturated rings. The van der Waals surface area contributed by atoms with E-state index >= 15 is 0 Å². The van der Waals surface area contributed by atoms with Crippen molar-refractivity contribution < 1.29 is 18.0 Å². The van der Waals surface area contributed by atoms with Gasteiger partial charge in [0.2, 0.25) is 0 Å². The molecule has 0 unspecified atom stereocenters. The van der Waals surface area contributed by atoms with E-state index in [9.17, 15) is 18.0 Å². The number of nitrogens with one attached hydrogen (secondary N) is 2. The van der Waals surface area contributed by atoms with E-state index in [2.05, 4.69) is 20.3 Å². The molecule has 3 aromatic rings. The summed E-state index contributed by atoms with van der Waals surface area (Å²) in [6, 6.07) is 9.78. The van der Waals surface area contributed by atoms with Crippen LogP contribution in [0.2, 0.25) is 0 Å². The van der Waals surface area contributed by atoms with Crippen molar-refractivity contribution in [2.75, 3.05) is 11.9 Å². The highest BCUT2D eigenvalue weighted by atomic mass is 19.4. The van der Waals surface area contributed by atoms with E-state index in [0.717, 1.165) is 42.1 Å². The minimum absolute atomic E-state index is 0.0598. The first-order chi connectivity index (χ1) is 15.3. The number of hydrogen-bond donors (Lipinski definition) is 2. The number of halogens is 3. The van der Waals surface area contributed by atoms with E-state index in [1.807, 2.05) is 36.1 Å². The summed E-state index contributed by atoms with van der Waals surface area (Å²) in [5.41, 5.74) is 1.97. The number of carbonyl (C=O) groups excluding carboxylic acids is 1. The standard InChI is InChI=1S/C23H22F3N5O/c1-13-4-6-16(17-3-2-8-27-17)21(29-13)22(32)31-12-14-9-18(19(31)10-14)30-20-7-5-15(11-28-20)23(24,25)26/h2-8,11,14,18-19,27H,9-10,12H2,1H3,(H,28,30)/t14-,18+,19-/m0/s1. The molecule has 2 bridgehead atoms. The average molecular weight is 441 g/mol. The number of aryl methyl sites for hydroxylation is 1. The fraction of sp³-hybridized carbons (Fsp3) is 0.348. The summed E-state index contributed by atoms with van der Waals surface area (Å²) in [7, 11) is 0. The summed E-state index contributed by atoms with van der Waals surface area (Å²) in [6.45, 7) is 2.51. The van der Waals surface area contributed by atoms with Gasteiger partial charge in [-0.3, -0.25) is 4.79 Å². The maximum absolute atomic E-state index is 13.5. The Morgan fingerprint density at radius 3 is 2.69 bits per heavy atom. The van der Waals surface area contributed by atoms with Crippen molar-refractivity contribution in [2.45, 2.75) is 38.0 Å². The molecule has 0 radical (unpaired) electrons. The van der Waals surface area contributed by atoms with Gasteiger partial charge in [0, 0.05) is 41.9 Å². The van der Waals surface area contributed by atoms with Gasteiger partial charge in [0.15, 0.2) is 0 Å². The Kier molecular flexibility index (Phi) is 4.91. The molecule has 3 aromatic heterocycles. The van der Waals surface area contributed by atoms with Crippen LogP contribution < -0.4 is 5.32 Å². The zero-order chi connectivity index (χ0) is 22.5. The number of aromatic amines is 1. The molecule has 1 saturated carbocycles. The molecule has 0 aromatic carbocycles. The number of aromatic nitrogens is 3. The van der Waals surface area contributed by atoms with Crippen LogP contribution >= 0.6 is 0 Å². The number of alkyl halides is 3. The van der Waals surface area contributed by atoms with E-state index in [0.29, 0.717) is 24.0 Å². The van der Waals surface area contributed by atoms with Crippen molar-refractivity contribution in [2.24, 2.45) is 5.92 Å². The predicted molar refractivity (Wildman–Crippen MR) is 113 cm³/mol. The Morgan fingerprint density at radius 1 is 1.19 bits per heavy atom. The molecule has 4 heterocycles. The molecule has 166 valence electrons. The first-order valence-corrected chi connectivity index (χ1v) is 10.5. The van der Waals surface area contributed by atoms with Gasteiger partial charge < -0.3 is 15.2 Å². The second-order valence-electron chi connectivity index (χ2n) is 8.48. The number of nitrogens with zero attached hydrogens (tertiary/aromatic N) is 3. The maximum atomic E-state index is 13.5. The summed E-state index contributed by atoms with van der Waals surface area (Å²) in [5, 5.41) is 3.24. The van der Waals surface area contributed by atoms with E-state index in [1.165, 1.54) is 6.07 Å². The van der Waals surface area contributed by atoms with Crippen LogP contribution in [-0.2, 0) is 6.18 Å². The number of piperidine rings is 1. The van der Waals surface area contributed by atoms with Gasteiger partial charge in [0.05, 0.1) is 11.6 Å². The third-order valence-corrected chi connectivity index (χ3v) is 6.29. The Morgan fingerprint density at radius 2 is 2.03 bits per heavy atom. The summed E-state index contributed by atoms with van der Waals surface area (Å²) in [6.07, 6.45) is -0.0789. The second kappa shape index (κ2) is 7.65. The quantitative estimate of drug-likeness (QED) is 0.625. The maximum Gasteiger partial charge on any atom is 0.417 e. The second-order valence-corrected chi connectivity index (χ2v) is 8.48. The molecule has 1 saturated heterocycles. The van der Waals surface area contributed by atoms with Crippen LogP contribution in [0.4, 0.5) is 19.0 Å². The van der Waals surface area contributed by atoms with Crippen LogP contribution in [-0.4, -0.2) is 44.4 Å². The Hall–Kier alpha value is -3.36. The van der Waals surface area contributed by atoms with Crippen LogP contribution in [0.25, 0.3) is 11.3 Å². The number of anilines is 1. The lowest BCUT2D eigenvalue weighted by atomic mass is 10.0. The minimum Gasteiger partial charge on any atom is -0.365 e. The van der Waals surface area contributed by atoms with Crippen molar-refractivity contribution >= 4 is 11.7 Å². The molecule has 32 heavy (non-hydrogen) atoms. The lowest BCUT2D eigenvalue weighted by Gasteiger charge is -2.34. The average Bonchev–Trinajstić information content (AvgIpc) is 3.50. The van der Waals surface area contributed by atoms with Gasteiger partial charge in [-0.15, -0.1) is 0 Å². The normalized spacial score (nSPS) is 22.4. The van der Waals surface area contributed by atoms with Crippen molar-refractivity contribution in [3.8, 4) is 11.3 Å². The van der Waals surface area contributed by atoms with Crippen molar-refractivity contribution in [3.05, 3.63) is 65.7 Å². The number of fused-ring (bicyclic) bond motifs is 2. The van der Waals surface area contributed by atoms with Gasteiger partial charge >= 0.3 is 6.18 Å². The number of hydrogen-bond acceptors (Lipinski definition) is 4. The van der Waals surface area contributed by atoms with Gasteiger partial charge in [-0.05, 0) is 62.1 Å². The fourth-order valence-corrected chi connectivity index (χ4v) is 4.82. The number of amides is 1. The number of likely N-dealkylation sites (tertiary alicyclic amines) is 1. The molecule has 1 amide bonds. The zero-order valence-corrected chi connectivity index (χ0v) is 17.4. The summed E-state index contributed by atoms with van der Waals surface area (Å²) < 4.78 is 38.4. The SMILES string of the molecule is Cc1ccc(-c2ccc[nH]2)c(C(=O)N2C[C@H]3C[C@@H](Nc4ccc(C(F)(F)F)cn4)[C@@H]2C3)n1. The lowest BCUT2D eigenvalue weighted by Crippen LogP contribution is -2.48. The molecular formula is C23H22F3N5O. The number of carbonyl (C=O) groups is 1. The molecule has 0 spiro atoms. The third-order valence-electron chi connectivity index (χ3n) is 6.29. The highest BCUT2D eigenvalue weighted by Gasteiger charge is 2.47. The third kappa shape index (κ3) is 3.72. The molecule has 9 heteroatoms. The van der Waals surface area contributed by atoms with E-state index in [1.54, 1.807) is 6.20 Å². The van der Waals surface area contributed by atoms with E-state index in [-0.39, 0.29) is 18.0 Å². The minimum atomic E-state index is -4.42. The number of pyridine rings is 2. The van der Waals surface area contributed by atoms with Gasteiger partial charge in [0.1, 0.15) is 11.5 Å². The van der Waals surface area contributed by atoms with Crippen LogP contribution in [0.5, 0.6) is 0 Å². The van der Waals surface area contributed by atoms with E-state index < -0.39 is 11.7 Å². The molecular weight excluding hydrogens is 419 g/mol. The van der Waals surface area contributed by atoms with Gasteiger partial charge in [-0.25, -0.2) is 9.97 Å². The molecule has 1 aliphatic heterocycles. The first kappa shape index (κ1) is 20.5. The largest absolute Gasteiger partial charge is 0.417 e. The Bertz CT molecular complexity index is 1130. The molecule has 1 aliphatic carbocycles. The predicted octanol–water partition coefficient (Wildman–Crippen LogP) is 4.51. The molecule has 6 nitrogen and oxygen atoms in total. The first-order valence-electron chi connectivity index (χ1n) is 10.5. The zero-order valence-electron chi connectivity index (χ0n) is 17.4. The van der Waals surface area contributed by atoms with Crippen LogP contribution in [0.1, 0.15) is 34.6 Å². The van der Waals surface area contributed by atoms with Crippen LogP contribution in [0, 0.1) is 12.8 Å².